The lowest BCUT2D eigenvalue weighted by atomic mass is 10.1. The van der Waals surface area contributed by atoms with Crippen LogP contribution in [0.2, 0.25) is 0 Å². The van der Waals surface area contributed by atoms with Gasteiger partial charge in [0, 0.05) is 12.0 Å². The molecule has 2 rings (SSSR count). The summed E-state index contributed by atoms with van der Waals surface area (Å²) >= 11 is 9.52. The monoisotopic (exact) mass is 334 g/mol. The lowest BCUT2D eigenvalue weighted by Gasteiger charge is -1.99. The Balaban J connectivity index is 0.000000220. The van der Waals surface area contributed by atoms with Gasteiger partial charge < -0.3 is 11.5 Å². The summed E-state index contributed by atoms with van der Waals surface area (Å²) in [4.78, 5) is 0.857. The molecule has 0 bridgehead atoms. The lowest BCUT2D eigenvalue weighted by molar-refractivity contribution is 0.626. The zero-order valence-electron chi connectivity index (χ0n) is 12.4. The molecule has 0 fully saturated rings. The molecule has 0 saturated heterocycles. The summed E-state index contributed by atoms with van der Waals surface area (Å²) in [5.41, 5.74) is 13.8. The predicted octanol–water partition coefficient (Wildman–Crippen LogP) is 3.54. The standard InChI is InChI=1S/C9H11NS.C8H8FNS/c1-2-7-4-3-5-8(6-7)9(10)11;9-7-3-1-2-6(4-7)5-8(10)11/h3-6H,2H2,1H3,(H2,10,11);1-4H,5H2,(H2,10,11). The Hall–Kier alpha value is -1.85. The van der Waals surface area contributed by atoms with Crippen molar-refractivity contribution < 1.29 is 4.39 Å². The molecular formula is C17H19FN2S2. The molecule has 0 aliphatic rings. The smallest absolute Gasteiger partial charge is 0.123 e. The first kappa shape index (κ1) is 18.2. The molecule has 0 radical (unpaired) electrons. The van der Waals surface area contributed by atoms with E-state index in [1.54, 1.807) is 12.1 Å². The molecule has 0 saturated carbocycles. The zero-order valence-corrected chi connectivity index (χ0v) is 14.0. The van der Waals surface area contributed by atoms with E-state index in [9.17, 15) is 4.39 Å². The van der Waals surface area contributed by atoms with Crippen molar-refractivity contribution in [2.45, 2.75) is 19.8 Å². The van der Waals surface area contributed by atoms with Crippen LogP contribution in [0.1, 0.15) is 23.6 Å². The number of aryl methyl sites for hydroxylation is 1. The second kappa shape index (κ2) is 9.23. The summed E-state index contributed by atoms with van der Waals surface area (Å²) in [5, 5.41) is 0. The number of halogens is 1. The average molecular weight is 334 g/mol. The minimum Gasteiger partial charge on any atom is -0.393 e. The van der Waals surface area contributed by atoms with E-state index in [0.717, 1.165) is 17.5 Å². The Morgan fingerprint density at radius 3 is 2.18 bits per heavy atom. The van der Waals surface area contributed by atoms with E-state index in [4.69, 9.17) is 23.7 Å². The Bertz CT molecular complexity index is 657. The van der Waals surface area contributed by atoms with Crippen LogP contribution >= 0.6 is 24.4 Å². The first-order valence-corrected chi connectivity index (χ1v) is 7.65. The molecule has 0 aromatic heterocycles. The van der Waals surface area contributed by atoms with Crippen molar-refractivity contribution in [3.63, 3.8) is 0 Å². The number of hydrogen-bond acceptors (Lipinski definition) is 2. The highest BCUT2D eigenvalue weighted by atomic mass is 32.1. The highest BCUT2D eigenvalue weighted by Gasteiger charge is 1.96. The summed E-state index contributed by atoms with van der Waals surface area (Å²) < 4.78 is 12.5. The van der Waals surface area contributed by atoms with Gasteiger partial charge in [-0.2, -0.15) is 0 Å². The highest BCUT2D eigenvalue weighted by Crippen LogP contribution is 2.05. The van der Waals surface area contributed by atoms with Crippen LogP contribution in [0, 0.1) is 5.82 Å². The summed E-state index contributed by atoms with van der Waals surface area (Å²) in [6.07, 6.45) is 1.49. The van der Waals surface area contributed by atoms with Crippen LogP contribution in [0.15, 0.2) is 48.5 Å². The molecule has 0 unspecified atom stereocenters. The number of benzene rings is 2. The van der Waals surface area contributed by atoms with Crippen molar-refractivity contribution in [2.24, 2.45) is 11.5 Å². The maximum Gasteiger partial charge on any atom is 0.123 e. The molecule has 2 aromatic carbocycles. The highest BCUT2D eigenvalue weighted by molar-refractivity contribution is 7.80. The van der Waals surface area contributed by atoms with Crippen molar-refractivity contribution in [3.8, 4) is 0 Å². The molecule has 0 heterocycles. The van der Waals surface area contributed by atoms with Crippen LogP contribution in [0.3, 0.4) is 0 Å². The van der Waals surface area contributed by atoms with Crippen molar-refractivity contribution in [1.29, 1.82) is 0 Å². The Kier molecular flexibility index (Phi) is 7.63. The third-order valence-corrected chi connectivity index (χ3v) is 3.27. The topological polar surface area (TPSA) is 52.0 Å². The van der Waals surface area contributed by atoms with Crippen molar-refractivity contribution in [1.82, 2.24) is 0 Å². The Morgan fingerprint density at radius 2 is 1.64 bits per heavy atom. The van der Waals surface area contributed by atoms with E-state index in [0.29, 0.717) is 16.4 Å². The lowest BCUT2D eigenvalue weighted by Crippen LogP contribution is -2.10. The molecule has 5 heteroatoms. The third-order valence-electron chi connectivity index (χ3n) is 2.89. The third kappa shape index (κ3) is 6.74. The molecule has 0 aliphatic carbocycles. The molecule has 2 nitrogen and oxygen atoms in total. The van der Waals surface area contributed by atoms with E-state index in [-0.39, 0.29) is 5.82 Å². The van der Waals surface area contributed by atoms with Crippen LogP contribution in [0.5, 0.6) is 0 Å². The van der Waals surface area contributed by atoms with E-state index in [1.807, 2.05) is 18.2 Å². The van der Waals surface area contributed by atoms with E-state index < -0.39 is 0 Å². The van der Waals surface area contributed by atoms with E-state index in [1.165, 1.54) is 17.7 Å². The molecule has 0 spiro atoms. The SMILES string of the molecule is CCc1cccc(C(N)=S)c1.NC(=S)Cc1cccc(F)c1. The fourth-order valence-electron chi connectivity index (χ4n) is 1.79. The van der Waals surface area contributed by atoms with E-state index >= 15 is 0 Å². The molecule has 22 heavy (non-hydrogen) atoms. The zero-order chi connectivity index (χ0) is 16.5. The van der Waals surface area contributed by atoms with Gasteiger partial charge in [-0.05, 0) is 35.7 Å². The van der Waals surface area contributed by atoms with Gasteiger partial charge in [0.05, 0.1) is 4.99 Å². The largest absolute Gasteiger partial charge is 0.393 e. The second-order valence-electron chi connectivity index (χ2n) is 4.69. The van der Waals surface area contributed by atoms with Gasteiger partial charge in [-0.1, -0.05) is 61.7 Å². The van der Waals surface area contributed by atoms with Gasteiger partial charge >= 0.3 is 0 Å². The first-order valence-electron chi connectivity index (χ1n) is 6.84. The summed E-state index contributed by atoms with van der Waals surface area (Å²) in [7, 11) is 0. The molecule has 116 valence electrons. The second-order valence-corrected chi connectivity index (χ2v) is 5.66. The number of nitrogens with two attached hydrogens (primary N) is 2. The fraction of sp³-hybridized carbons (Fsp3) is 0.176. The van der Waals surface area contributed by atoms with Gasteiger partial charge in [-0.25, -0.2) is 4.39 Å². The van der Waals surface area contributed by atoms with Crippen LogP contribution in [-0.4, -0.2) is 9.98 Å². The normalized spacial score (nSPS) is 9.55. The van der Waals surface area contributed by atoms with Crippen LogP contribution in [0.25, 0.3) is 0 Å². The number of rotatable bonds is 4. The van der Waals surface area contributed by atoms with Gasteiger partial charge in [0.1, 0.15) is 10.8 Å². The van der Waals surface area contributed by atoms with Gasteiger partial charge in [-0.3, -0.25) is 0 Å². The van der Waals surface area contributed by atoms with Crippen molar-refractivity contribution >= 4 is 34.4 Å². The molecule has 0 aliphatic heterocycles. The van der Waals surface area contributed by atoms with Gasteiger partial charge in [-0.15, -0.1) is 0 Å². The molecule has 0 amide bonds. The molecule has 2 aromatic rings. The minimum atomic E-state index is -0.251. The predicted molar refractivity (Wildman–Crippen MR) is 98.6 cm³/mol. The van der Waals surface area contributed by atoms with Crippen molar-refractivity contribution in [3.05, 3.63) is 71.0 Å². The summed E-state index contributed by atoms with van der Waals surface area (Å²) in [6, 6.07) is 14.3. The number of hydrogen-bond donors (Lipinski definition) is 2. The van der Waals surface area contributed by atoms with E-state index in [2.05, 4.69) is 25.2 Å². The van der Waals surface area contributed by atoms with Crippen molar-refractivity contribution in [2.75, 3.05) is 0 Å². The fourth-order valence-corrected chi connectivity index (χ4v) is 2.09. The first-order chi connectivity index (χ1) is 10.4. The maximum atomic E-state index is 12.5. The maximum absolute atomic E-state index is 12.5. The van der Waals surface area contributed by atoms with Gasteiger partial charge in [0.15, 0.2) is 0 Å². The van der Waals surface area contributed by atoms with Gasteiger partial charge in [0.25, 0.3) is 0 Å². The average Bonchev–Trinajstić information content (AvgIpc) is 2.47. The van der Waals surface area contributed by atoms with Gasteiger partial charge in [0.2, 0.25) is 0 Å². The van der Waals surface area contributed by atoms with Crippen LogP contribution in [-0.2, 0) is 12.8 Å². The molecule has 0 atom stereocenters. The Labute approximate surface area is 141 Å². The summed E-state index contributed by atoms with van der Waals surface area (Å²) in [6.45, 7) is 2.11. The minimum absolute atomic E-state index is 0.251. The van der Waals surface area contributed by atoms with Crippen LogP contribution < -0.4 is 11.5 Å². The number of thiocarbonyl (C=S) groups is 2. The quantitative estimate of drug-likeness (QED) is 0.840. The molecule has 4 N–H and O–H groups in total. The van der Waals surface area contributed by atoms with Crippen LogP contribution in [0.4, 0.5) is 4.39 Å². The summed E-state index contributed by atoms with van der Waals surface area (Å²) in [5.74, 6) is -0.251. The molecular weight excluding hydrogens is 315 g/mol. The Morgan fingerprint density at radius 1 is 1.00 bits per heavy atom.